The summed E-state index contributed by atoms with van der Waals surface area (Å²) in [4.78, 5) is 23.9. The number of aryl methyl sites for hydroxylation is 1. The number of methoxy groups -OCH3 is 2. The Morgan fingerprint density at radius 1 is 0.949 bits per heavy atom. The molecule has 0 bridgehead atoms. The molecule has 1 N–H and O–H groups in total. The van der Waals surface area contributed by atoms with Gasteiger partial charge in [-0.2, -0.15) is 0 Å². The largest absolute Gasteiger partial charge is 0.493 e. The molecule has 3 heterocycles. The predicted molar refractivity (Wildman–Crippen MR) is 155 cm³/mol. The Bertz CT molecular complexity index is 1760. The molecule has 2 aromatic heterocycles. The minimum absolute atomic E-state index is 0.118. The van der Waals surface area contributed by atoms with Crippen LogP contribution in [0.15, 0.2) is 89.8 Å². The zero-order chi connectivity index (χ0) is 26.9. The number of para-hydroxylation sites is 2. The lowest BCUT2D eigenvalue weighted by atomic mass is 10.1. The fraction of sp³-hybridized carbons (Fsp3) is 0.188. The third-order valence-corrected chi connectivity index (χ3v) is 7.32. The van der Waals surface area contributed by atoms with Crippen LogP contribution in [-0.4, -0.2) is 47.0 Å². The van der Waals surface area contributed by atoms with E-state index in [0.29, 0.717) is 36.0 Å². The summed E-state index contributed by atoms with van der Waals surface area (Å²) in [5.41, 5.74) is 5.56. The first-order chi connectivity index (χ1) is 19.1. The van der Waals surface area contributed by atoms with Crippen LogP contribution in [0.4, 0.5) is 0 Å². The number of amides is 1. The third kappa shape index (κ3) is 4.36. The van der Waals surface area contributed by atoms with Gasteiger partial charge in [0.1, 0.15) is 11.5 Å². The van der Waals surface area contributed by atoms with E-state index in [1.807, 2.05) is 54.7 Å². The molecule has 0 aliphatic carbocycles. The molecule has 3 aromatic carbocycles. The van der Waals surface area contributed by atoms with Crippen molar-refractivity contribution in [1.29, 1.82) is 0 Å². The minimum atomic E-state index is -0.118. The molecular formula is C32H30N4O3. The number of aromatic amines is 1. The number of amidine groups is 1. The molecule has 0 saturated carbocycles. The molecule has 0 spiro atoms. The average Bonchev–Trinajstić information content (AvgIpc) is 3.65. The number of nitrogens with one attached hydrogen (secondary N) is 1. The number of H-pyrrole nitrogens is 1. The molecule has 1 aliphatic heterocycles. The number of benzene rings is 3. The smallest absolute Gasteiger partial charge is 0.278 e. The maximum absolute atomic E-state index is 13.9. The minimum Gasteiger partial charge on any atom is -0.493 e. The third-order valence-electron chi connectivity index (χ3n) is 7.32. The van der Waals surface area contributed by atoms with Crippen LogP contribution < -0.4 is 9.47 Å². The van der Waals surface area contributed by atoms with Crippen molar-refractivity contribution in [2.24, 2.45) is 4.99 Å². The Balaban J connectivity index is 1.41. The van der Waals surface area contributed by atoms with E-state index >= 15 is 0 Å². The van der Waals surface area contributed by atoms with Crippen molar-refractivity contribution in [2.45, 2.75) is 19.9 Å². The summed E-state index contributed by atoms with van der Waals surface area (Å²) in [5, 5.41) is 2.26. The van der Waals surface area contributed by atoms with E-state index in [9.17, 15) is 4.79 Å². The quantitative estimate of drug-likeness (QED) is 0.255. The Morgan fingerprint density at radius 2 is 1.72 bits per heavy atom. The van der Waals surface area contributed by atoms with Crippen LogP contribution in [0.5, 0.6) is 11.5 Å². The number of ether oxygens (including phenoxy) is 2. The van der Waals surface area contributed by atoms with Crippen molar-refractivity contribution in [3.05, 3.63) is 102 Å². The fourth-order valence-corrected chi connectivity index (χ4v) is 5.32. The monoisotopic (exact) mass is 518 g/mol. The van der Waals surface area contributed by atoms with Gasteiger partial charge in [0, 0.05) is 58.4 Å². The lowest BCUT2D eigenvalue weighted by molar-refractivity contribution is -0.122. The molecule has 6 rings (SSSR count). The Hall–Kier alpha value is -4.78. The summed E-state index contributed by atoms with van der Waals surface area (Å²) >= 11 is 0. The van der Waals surface area contributed by atoms with Crippen LogP contribution in [0.1, 0.15) is 23.6 Å². The fourth-order valence-electron chi connectivity index (χ4n) is 5.32. The summed E-state index contributed by atoms with van der Waals surface area (Å²) in [6, 6.07) is 22.1. The van der Waals surface area contributed by atoms with Gasteiger partial charge in [-0.3, -0.25) is 9.69 Å². The number of hydrogen-bond acceptors (Lipinski definition) is 4. The highest BCUT2D eigenvalue weighted by molar-refractivity contribution is 6.20. The van der Waals surface area contributed by atoms with E-state index in [4.69, 9.17) is 14.5 Å². The number of carbonyl (C=O) groups excluding carboxylic acids is 1. The number of carbonyl (C=O) groups is 1. The van der Waals surface area contributed by atoms with Crippen LogP contribution in [0, 0.1) is 0 Å². The van der Waals surface area contributed by atoms with E-state index in [0.717, 1.165) is 45.0 Å². The molecule has 7 nitrogen and oxygen atoms in total. The Labute approximate surface area is 227 Å². The highest BCUT2D eigenvalue weighted by atomic mass is 16.5. The van der Waals surface area contributed by atoms with E-state index in [-0.39, 0.29) is 5.91 Å². The maximum atomic E-state index is 13.9. The Kier molecular flexibility index (Phi) is 6.40. The zero-order valence-electron chi connectivity index (χ0n) is 22.3. The molecule has 1 amide bonds. The normalized spacial score (nSPS) is 14.5. The molecule has 196 valence electrons. The van der Waals surface area contributed by atoms with Gasteiger partial charge in [-0.05, 0) is 55.3 Å². The van der Waals surface area contributed by atoms with Crippen molar-refractivity contribution in [1.82, 2.24) is 14.5 Å². The molecule has 0 saturated heterocycles. The molecule has 5 aromatic rings. The lowest BCUT2D eigenvalue weighted by Crippen LogP contribution is -2.34. The molecule has 0 atom stereocenters. The van der Waals surface area contributed by atoms with Gasteiger partial charge >= 0.3 is 0 Å². The summed E-state index contributed by atoms with van der Waals surface area (Å²) in [6.45, 7) is 3.44. The summed E-state index contributed by atoms with van der Waals surface area (Å²) in [7, 11) is 3.21. The molecule has 39 heavy (non-hydrogen) atoms. The van der Waals surface area contributed by atoms with E-state index in [1.54, 1.807) is 19.1 Å². The van der Waals surface area contributed by atoms with E-state index in [1.165, 1.54) is 0 Å². The van der Waals surface area contributed by atoms with Gasteiger partial charge in [0.05, 0.1) is 14.2 Å². The first-order valence-corrected chi connectivity index (χ1v) is 13.1. The second-order valence-corrected chi connectivity index (χ2v) is 9.49. The zero-order valence-corrected chi connectivity index (χ0v) is 22.3. The Morgan fingerprint density at radius 3 is 2.51 bits per heavy atom. The van der Waals surface area contributed by atoms with Gasteiger partial charge in [0.15, 0.2) is 11.5 Å². The van der Waals surface area contributed by atoms with Gasteiger partial charge in [-0.15, -0.1) is 0 Å². The molecule has 0 fully saturated rings. The summed E-state index contributed by atoms with van der Waals surface area (Å²) in [6.07, 6.45) is 6.70. The van der Waals surface area contributed by atoms with Crippen molar-refractivity contribution in [2.75, 3.05) is 20.8 Å². The topological polar surface area (TPSA) is 71.8 Å². The maximum Gasteiger partial charge on any atom is 0.278 e. The van der Waals surface area contributed by atoms with Crippen LogP contribution in [-0.2, 0) is 17.8 Å². The standard InChI is InChI=1S/C32H30N4O3/c1-4-35-20-23(25-10-6-8-12-28(25)35)17-27-32(37)36(16-15-22-19-33-26-11-7-5-9-24(22)26)31(34-27)21-13-14-29(38-2)30(18-21)39-3/h5-14,17-20,33H,4,15-16H2,1-3H3. The second-order valence-electron chi connectivity index (χ2n) is 9.49. The van der Waals surface area contributed by atoms with Gasteiger partial charge < -0.3 is 19.0 Å². The van der Waals surface area contributed by atoms with Gasteiger partial charge in [-0.25, -0.2) is 4.99 Å². The first kappa shape index (κ1) is 24.6. The van der Waals surface area contributed by atoms with Crippen LogP contribution in [0.3, 0.4) is 0 Å². The second kappa shape index (κ2) is 10.2. The summed E-state index contributed by atoms with van der Waals surface area (Å²) < 4.78 is 13.2. The van der Waals surface area contributed by atoms with Gasteiger partial charge in [-0.1, -0.05) is 36.4 Å². The van der Waals surface area contributed by atoms with E-state index < -0.39 is 0 Å². The van der Waals surface area contributed by atoms with E-state index in [2.05, 4.69) is 46.9 Å². The molecular weight excluding hydrogens is 488 g/mol. The number of rotatable bonds is 8. The first-order valence-electron chi connectivity index (χ1n) is 13.1. The average molecular weight is 519 g/mol. The van der Waals surface area contributed by atoms with Gasteiger partial charge in [0.2, 0.25) is 0 Å². The van der Waals surface area contributed by atoms with Crippen molar-refractivity contribution < 1.29 is 14.3 Å². The molecule has 0 radical (unpaired) electrons. The van der Waals surface area contributed by atoms with Crippen molar-refractivity contribution in [3.63, 3.8) is 0 Å². The van der Waals surface area contributed by atoms with Crippen LogP contribution in [0.25, 0.3) is 27.9 Å². The van der Waals surface area contributed by atoms with Crippen molar-refractivity contribution >= 4 is 39.6 Å². The predicted octanol–water partition coefficient (Wildman–Crippen LogP) is 6.03. The number of hydrogen-bond donors (Lipinski definition) is 1. The SMILES string of the molecule is CCn1cc(C=C2N=C(c3ccc(OC)c(OC)c3)N(CCc3c[nH]c4ccccc34)C2=O)c2ccccc21. The molecule has 1 aliphatic rings. The summed E-state index contributed by atoms with van der Waals surface area (Å²) in [5.74, 6) is 1.70. The lowest BCUT2D eigenvalue weighted by Gasteiger charge is -2.19. The van der Waals surface area contributed by atoms with Gasteiger partial charge in [0.25, 0.3) is 5.91 Å². The highest BCUT2D eigenvalue weighted by Gasteiger charge is 2.32. The number of aliphatic imine (C=N–C) groups is 1. The molecule has 0 unspecified atom stereocenters. The van der Waals surface area contributed by atoms with Crippen molar-refractivity contribution in [3.8, 4) is 11.5 Å². The number of nitrogens with zero attached hydrogens (tertiary/aromatic N) is 3. The van der Waals surface area contributed by atoms with Crippen LogP contribution in [0.2, 0.25) is 0 Å². The molecule has 7 heteroatoms. The number of aromatic nitrogens is 2. The number of fused-ring (bicyclic) bond motifs is 2. The van der Waals surface area contributed by atoms with Crippen LogP contribution >= 0.6 is 0 Å². The highest BCUT2D eigenvalue weighted by Crippen LogP contribution is 2.32.